The maximum absolute atomic E-state index is 3.54. The van der Waals surface area contributed by atoms with Crippen LogP contribution < -0.4 is 16.0 Å². The Balaban J connectivity index is 1.40. The fourth-order valence-electron chi connectivity index (χ4n) is 5.36. The second-order valence-corrected chi connectivity index (χ2v) is 9.94. The molecule has 0 radical (unpaired) electrons. The van der Waals surface area contributed by atoms with Gasteiger partial charge < -0.3 is 16.0 Å². The minimum atomic E-state index is 0.0807. The summed E-state index contributed by atoms with van der Waals surface area (Å²) in [4.78, 5) is 0. The van der Waals surface area contributed by atoms with E-state index in [1.54, 1.807) is 0 Å². The summed E-state index contributed by atoms with van der Waals surface area (Å²) in [5, 5.41) is 13.1. The summed E-state index contributed by atoms with van der Waals surface area (Å²) in [5.74, 6) is 0.0807. The van der Waals surface area contributed by atoms with Crippen LogP contribution in [0.2, 0.25) is 0 Å². The number of fused-ring (bicyclic) bond motifs is 1. The lowest BCUT2D eigenvalue weighted by molar-refractivity contribution is 0.989. The summed E-state index contributed by atoms with van der Waals surface area (Å²) < 4.78 is 0. The predicted octanol–water partition coefficient (Wildman–Crippen LogP) is 9.94. The molecule has 3 heteroatoms. The molecule has 6 aromatic rings. The number of anilines is 5. The first kappa shape index (κ1) is 25.3. The lowest BCUT2D eigenvalue weighted by atomic mass is 9.82. The Bertz CT molecular complexity index is 1590. The zero-order valence-corrected chi connectivity index (χ0v) is 22.6. The summed E-state index contributed by atoms with van der Waals surface area (Å²) in [6.45, 7) is 3.03. The third-order valence-corrected chi connectivity index (χ3v) is 7.25. The summed E-state index contributed by atoms with van der Waals surface area (Å²) in [7, 11) is 0. The van der Waals surface area contributed by atoms with Crippen molar-refractivity contribution in [3.63, 3.8) is 0 Å². The predicted molar refractivity (Wildman–Crippen MR) is 171 cm³/mol. The van der Waals surface area contributed by atoms with E-state index in [4.69, 9.17) is 0 Å². The van der Waals surface area contributed by atoms with Gasteiger partial charge in [0.2, 0.25) is 0 Å². The number of hydrogen-bond acceptors (Lipinski definition) is 3. The molecule has 0 heterocycles. The molecular formula is C37H33N3. The van der Waals surface area contributed by atoms with Gasteiger partial charge in [0.05, 0.1) is 0 Å². The van der Waals surface area contributed by atoms with Crippen molar-refractivity contribution in [3.05, 3.63) is 162 Å². The monoisotopic (exact) mass is 519 g/mol. The van der Waals surface area contributed by atoms with Crippen molar-refractivity contribution in [2.24, 2.45) is 0 Å². The smallest absolute Gasteiger partial charge is 0.0419 e. The molecule has 0 aliphatic heterocycles. The van der Waals surface area contributed by atoms with Gasteiger partial charge in [0.1, 0.15) is 0 Å². The zero-order chi connectivity index (χ0) is 27.1. The summed E-state index contributed by atoms with van der Waals surface area (Å²) >= 11 is 0. The molecule has 0 saturated heterocycles. The first-order chi connectivity index (χ1) is 19.8. The van der Waals surface area contributed by atoms with Crippen LogP contribution in [0.5, 0.6) is 0 Å². The molecule has 0 aliphatic rings. The summed E-state index contributed by atoms with van der Waals surface area (Å²) in [6, 6.07) is 51.5. The quantitative estimate of drug-likeness (QED) is 0.166. The van der Waals surface area contributed by atoms with Gasteiger partial charge in [-0.1, -0.05) is 91.0 Å². The summed E-state index contributed by atoms with van der Waals surface area (Å²) in [6.07, 6.45) is 0. The van der Waals surface area contributed by atoms with E-state index in [1.165, 1.54) is 33.2 Å². The van der Waals surface area contributed by atoms with Crippen LogP contribution in [0.15, 0.2) is 146 Å². The fourth-order valence-corrected chi connectivity index (χ4v) is 5.36. The molecule has 3 N–H and O–H groups in total. The molecule has 0 spiro atoms. The highest BCUT2D eigenvalue weighted by molar-refractivity contribution is 5.97. The van der Waals surface area contributed by atoms with E-state index in [2.05, 4.69) is 132 Å². The SMILES string of the molecule is CCNc1ccc(C(c2ccc(Nc3ccccc3)cc2)c2ccc(Nc3ccccc3)cc2)c2ccccc12. The molecule has 0 bridgehead atoms. The summed E-state index contributed by atoms with van der Waals surface area (Å²) in [5.41, 5.74) is 9.28. The molecule has 0 aliphatic carbocycles. The van der Waals surface area contributed by atoms with Gasteiger partial charge in [0.15, 0.2) is 0 Å². The van der Waals surface area contributed by atoms with Crippen LogP contribution in [0.25, 0.3) is 10.8 Å². The van der Waals surface area contributed by atoms with Crippen LogP contribution >= 0.6 is 0 Å². The van der Waals surface area contributed by atoms with Gasteiger partial charge in [-0.15, -0.1) is 0 Å². The molecule has 0 atom stereocenters. The number of rotatable bonds is 9. The normalized spacial score (nSPS) is 10.9. The van der Waals surface area contributed by atoms with E-state index in [9.17, 15) is 0 Å². The van der Waals surface area contributed by atoms with E-state index in [0.717, 1.165) is 29.3 Å². The molecule has 3 nitrogen and oxygen atoms in total. The molecule has 40 heavy (non-hydrogen) atoms. The van der Waals surface area contributed by atoms with Gasteiger partial charge >= 0.3 is 0 Å². The van der Waals surface area contributed by atoms with E-state index in [0.29, 0.717) is 0 Å². The van der Waals surface area contributed by atoms with Gasteiger partial charge in [-0.05, 0) is 83.6 Å². The van der Waals surface area contributed by atoms with Crippen LogP contribution in [-0.2, 0) is 0 Å². The highest BCUT2D eigenvalue weighted by Gasteiger charge is 2.20. The zero-order valence-electron chi connectivity index (χ0n) is 22.6. The second kappa shape index (κ2) is 11.8. The second-order valence-electron chi connectivity index (χ2n) is 9.94. The first-order valence-corrected chi connectivity index (χ1v) is 13.9. The lowest BCUT2D eigenvalue weighted by Gasteiger charge is -2.23. The van der Waals surface area contributed by atoms with E-state index in [-0.39, 0.29) is 5.92 Å². The van der Waals surface area contributed by atoms with Crippen molar-refractivity contribution < 1.29 is 0 Å². The highest BCUT2D eigenvalue weighted by atomic mass is 14.9. The van der Waals surface area contributed by atoms with Crippen molar-refractivity contribution in [2.75, 3.05) is 22.5 Å². The van der Waals surface area contributed by atoms with Gasteiger partial charge in [0, 0.05) is 46.3 Å². The lowest BCUT2D eigenvalue weighted by Crippen LogP contribution is -2.06. The molecule has 0 saturated carbocycles. The van der Waals surface area contributed by atoms with Gasteiger partial charge in [0.25, 0.3) is 0 Å². The average molecular weight is 520 g/mol. The van der Waals surface area contributed by atoms with Crippen molar-refractivity contribution in [3.8, 4) is 0 Å². The van der Waals surface area contributed by atoms with Crippen molar-refractivity contribution >= 4 is 39.2 Å². The molecule has 0 fully saturated rings. The molecule has 0 amide bonds. The maximum atomic E-state index is 3.54. The Morgan fingerprint density at radius 3 is 1.40 bits per heavy atom. The molecular weight excluding hydrogens is 486 g/mol. The Morgan fingerprint density at radius 2 is 0.900 bits per heavy atom. The minimum absolute atomic E-state index is 0.0807. The number of nitrogens with one attached hydrogen (secondary N) is 3. The van der Waals surface area contributed by atoms with Gasteiger partial charge in [-0.2, -0.15) is 0 Å². The Morgan fingerprint density at radius 1 is 0.450 bits per heavy atom. The highest BCUT2D eigenvalue weighted by Crippen LogP contribution is 2.39. The van der Waals surface area contributed by atoms with Crippen LogP contribution in [0.1, 0.15) is 29.5 Å². The Hall–Kier alpha value is -5.02. The third kappa shape index (κ3) is 5.55. The van der Waals surface area contributed by atoms with E-state index < -0.39 is 0 Å². The molecule has 6 rings (SSSR count). The fraction of sp³-hybridized carbons (Fsp3) is 0.0811. The third-order valence-electron chi connectivity index (χ3n) is 7.25. The maximum Gasteiger partial charge on any atom is 0.0419 e. The first-order valence-electron chi connectivity index (χ1n) is 13.9. The molecule has 0 unspecified atom stereocenters. The minimum Gasteiger partial charge on any atom is -0.385 e. The molecule has 0 aromatic heterocycles. The van der Waals surface area contributed by atoms with Crippen LogP contribution in [-0.4, -0.2) is 6.54 Å². The number of para-hydroxylation sites is 2. The molecule has 6 aromatic carbocycles. The van der Waals surface area contributed by atoms with Crippen LogP contribution in [0, 0.1) is 0 Å². The van der Waals surface area contributed by atoms with Crippen molar-refractivity contribution in [1.82, 2.24) is 0 Å². The Labute approximate surface area is 236 Å². The van der Waals surface area contributed by atoms with E-state index >= 15 is 0 Å². The van der Waals surface area contributed by atoms with Crippen LogP contribution in [0.4, 0.5) is 28.4 Å². The standard InChI is InChI=1S/C37H33N3/c1-2-38-36-26-25-35(33-15-9-10-16-34(33)36)37(27-17-21-31(22-18-27)39-29-11-5-3-6-12-29)28-19-23-32(24-20-28)40-30-13-7-4-8-14-30/h3-26,37-40H,2H2,1H3. The van der Waals surface area contributed by atoms with Gasteiger partial charge in [-0.25, -0.2) is 0 Å². The van der Waals surface area contributed by atoms with Crippen molar-refractivity contribution in [2.45, 2.75) is 12.8 Å². The van der Waals surface area contributed by atoms with Gasteiger partial charge in [-0.3, -0.25) is 0 Å². The molecule has 196 valence electrons. The van der Waals surface area contributed by atoms with Crippen molar-refractivity contribution in [1.29, 1.82) is 0 Å². The average Bonchev–Trinajstić information content (AvgIpc) is 3.01. The number of hydrogen-bond donors (Lipinski definition) is 3. The number of benzene rings is 6. The van der Waals surface area contributed by atoms with E-state index in [1.807, 2.05) is 36.4 Å². The Kier molecular flexibility index (Phi) is 7.45. The van der Waals surface area contributed by atoms with Crippen LogP contribution in [0.3, 0.4) is 0 Å². The topological polar surface area (TPSA) is 36.1 Å². The largest absolute Gasteiger partial charge is 0.385 e.